The van der Waals surface area contributed by atoms with Gasteiger partial charge in [-0.15, -0.1) is 0 Å². The molecule has 1 atom stereocenters. The van der Waals surface area contributed by atoms with E-state index < -0.39 is 6.04 Å². The zero-order chi connectivity index (χ0) is 21.0. The van der Waals surface area contributed by atoms with Crippen LogP contribution < -0.4 is 10.6 Å². The summed E-state index contributed by atoms with van der Waals surface area (Å²) >= 11 is 0. The number of benzene rings is 3. The fourth-order valence-electron chi connectivity index (χ4n) is 3.88. The Morgan fingerprint density at radius 2 is 1.48 bits per heavy atom. The molecule has 0 spiro atoms. The molecule has 152 valence electrons. The molecule has 2 heterocycles. The molecule has 4 nitrogen and oxygen atoms in total. The van der Waals surface area contributed by atoms with E-state index in [1.807, 2.05) is 97.2 Å². The van der Waals surface area contributed by atoms with Gasteiger partial charge in [-0.25, -0.2) is 0 Å². The Hall–Kier alpha value is -4.05. The first kappa shape index (κ1) is 18.9. The average molecular weight is 406 g/mol. The predicted molar refractivity (Wildman–Crippen MR) is 124 cm³/mol. The second-order valence-electron chi connectivity index (χ2n) is 7.62. The van der Waals surface area contributed by atoms with Crippen LogP contribution in [-0.2, 0) is 11.2 Å². The summed E-state index contributed by atoms with van der Waals surface area (Å²) in [5.74, 6) is 0.832. The normalized spacial score (nSPS) is 17.9. The summed E-state index contributed by atoms with van der Waals surface area (Å²) < 4.78 is 0. The van der Waals surface area contributed by atoms with Gasteiger partial charge in [-0.05, 0) is 16.7 Å². The van der Waals surface area contributed by atoms with Crippen LogP contribution in [0.15, 0.2) is 115 Å². The summed E-state index contributed by atoms with van der Waals surface area (Å²) in [4.78, 5) is 15.0. The Morgan fingerprint density at radius 1 is 0.839 bits per heavy atom. The van der Waals surface area contributed by atoms with E-state index in [1.54, 1.807) is 4.90 Å². The largest absolute Gasteiger partial charge is 0.355 e. The van der Waals surface area contributed by atoms with E-state index in [0.717, 1.165) is 28.3 Å². The molecule has 2 N–H and O–H groups in total. The fraction of sp³-hybridized carbons (Fsp3) is 0.0741. The van der Waals surface area contributed by atoms with Crippen LogP contribution in [0.25, 0.3) is 11.8 Å². The average Bonchev–Trinajstić information content (AvgIpc) is 3.15. The van der Waals surface area contributed by atoms with Crippen molar-refractivity contribution >= 4 is 17.7 Å². The van der Waals surface area contributed by atoms with Gasteiger partial charge < -0.3 is 10.6 Å². The van der Waals surface area contributed by atoms with E-state index in [0.29, 0.717) is 6.42 Å². The van der Waals surface area contributed by atoms with Gasteiger partial charge in [0.2, 0.25) is 0 Å². The number of allylic oxidation sites excluding steroid dienone is 1. The lowest BCUT2D eigenvalue weighted by Crippen LogP contribution is -2.31. The molecule has 2 aliphatic rings. The Bertz CT molecular complexity index is 1160. The first-order chi connectivity index (χ1) is 15.3. The number of nitrogens with one attached hydrogen (secondary N) is 2. The number of rotatable bonds is 5. The number of amides is 1. The van der Waals surface area contributed by atoms with Gasteiger partial charge >= 0.3 is 0 Å². The molecule has 4 heteroatoms. The molecule has 0 bridgehead atoms. The summed E-state index contributed by atoms with van der Waals surface area (Å²) in [5, 5.41) is 6.98. The van der Waals surface area contributed by atoms with Crippen LogP contribution in [0.3, 0.4) is 0 Å². The molecule has 1 fully saturated rings. The van der Waals surface area contributed by atoms with Crippen molar-refractivity contribution in [1.82, 2.24) is 15.5 Å². The predicted octanol–water partition coefficient (Wildman–Crippen LogP) is 4.51. The van der Waals surface area contributed by atoms with Gasteiger partial charge in [0.1, 0.15) is 11.9 Å². The SMILES string of the molecule is O=C1C(/C=C/c2ccccc2)NC2=C(Cc3ccccc3)NC(c3ccccc3)=CN12. The van der Waals surface area contributed by atoms with Gasteiger partial charge in [-0.1, -0.05) is 103 Å². The number of carbonyl (C=O) groups is 1. The molecule has 0 aliphatic carbocycles. The van der Waals surface area contributed by atoms with Crippen LogP contribution in [-0.4, -0.2) is 16.8 Å². The first-order valence-electron chi connectivity index (χ1n) is 10.4. The maximum atomic E-state index is 13.2. The summed E-state index contributed by atoms with van der Waals surface area (Å²) in [5.41, 5.74) is 5.20. The number of nitrogens with zero attached hydrogens (tertiary/aromatic N) is 1. The van der Waals surface area contributed by atoms with E-state index in [2.05, 4.69) is 22.8 Å². The Kier molecular flexibility index (Phi) is 5.11. The summed E-state index contributed by atoms with van der Waals surface area (Å²) in [6.45, 7) is 0. The number of hydrogen-bond acceptors (Lipinski definition) is 3. The van der Waals surface area contributed by atoms with Crippen molar-refractivity contribution in [3.05, 3.63) is 131 Å². The molecule has 1 saturated heterocycles. The van der Waals surface area contributed by atoms with Crippen LogP contribution >= 0.6 is 0 Å². The second kappa shape index (κ2) is 8.36. The van der Waals surface area contributed by atoms with Gasteiger partial charge in [-0.3, -0.25) is 9.69 Å². The molecular weight excluding hydrogens is 382 g/mol. The zero-order valence-electron chi connectivity index (χ0n) is 17.0. The van der Waals surface area contributed by atoms with Crippen molar-refractivity contribution in [2.24, 2.45) is 0 Å². The highest BCUT2D eigenvalue weighted by Gasteiger charge is 2.37. The van der Waals surface area contributed by atoms with Crippen LogP contribution in [0.4, 0.5) is 0 Å². The van der Waals surface area contributed by atoms with Crippen molar-refractivity contribution in [3.63, 3.8) is 0 Å². The van der Waals surface area contributed by atoms with Crippen molar-refractivity contribution in [1.29, 1.82) is 0 Å². The monoisotopic (exact) mass is 405 g/mol. The molecule has 5 rings (SSSR count). The number of hydrogen-bond donors (Lipinski definition) is 2. The number of fused-ring (bicyclic) bond motifs is 1. The van der Waals surface area contributed by atoms with Gasteiger partial charge in [-0.2, -0.15) is 0 Å². The van der Waals surface area contributed by atoms with Crippen molar-refractivity contribution in [2.75, 3.05) is 0 Å². The third kappa shape index (κ3) is 4.01. The summed E-state index contributed by atoms with van der Waals surface area (Å²) in [6, 6.07) is 30.0. The third-order valence-electron chi connectivity index (χ3n) is 5.46. The van der Waals surface area contributed by atoms with E-state index in [1.165, 1.54) is 5.56 Å². The highest BCUT2D eigenvalue weighted by atomic mass is 16.2. The van der Waals surface area contributed by atoms with Gasteiger partial charge in [0.25, 0.3) is 5.91 Å². The molecule has 1 unspecified atom stereocenters. The molecule has 3 aromatic carbocycles. The quantitative estimate of drug-likeness (QED) is 0.656. The molecule has 31 heavy (non-hydrogen) atoms. The van der Waals surface area contributed by atoms with Crippen LogP contribution in [0.5, 0.6) is 0 Å². The molecule has 1 amide bonds. The third-order valence-corrected chi connectivity index (χ3v) is 5.46. The van der Waals surface area contributed by atoms with Crippen LogP contribution in [0, 0.1) is 0 Å². The Balaban J connectivity index is 1.48. The zero-order valence-corrected chi connectivity index (χ0v) is 17.0. The fourth-order valence-corrected chi connectivity index (χ4v) is 3.88. The number of carbonyl (C=O) groups excluding carboxylic acids is 1. The molecule has 2 aliphatic heterocycles. The molecule has 0 aromatic heterocycles. The molecule has 0 radical (unpaired) electrons. The van der Waals surface area contributed by atoms with E-state index in [4.69, 9.17) is 0 Å². The highest BCUT2D eigenvalue weighted by molar-refractivity contribution is 5.92. The summed E-state index contributed by atoms with van der Waals surface area (Å²) in [7, 11) is 0. The van der Waals surface area contributed by atoms with Crippen molar-refractivity contribution in [3.8, 4) is 0 Å². The van der Waals surface area contributed by atoms with E-state index in [-0.39, 0.29) is 5.91 Å². The Labute approximate surface area is 182 Å². The van der Waals surface area contributed by atoms with E-state index in [9.17, 15) is 4.79 Å². The second-order valence-corrected chi connectivity index (χ2v) is 7.62. The van der Waals surface area contributed by atoms with E-state index >= 15 is 0 Å². The molecule has 3 aromatic rings. The van der Waals surface area contributed by atoms with Crippen molar-refractivity contribution < 1.29 is 4.79 Å². The molecular formula is C27H23N3O. The van der Waals surface area contributed by atoms with Gasteiger partial charge in [0, 0.05) is 12.6 Å². The van der Waals surface area contributed by atoms with Gasteiger partial charge in [0.05, 0.1) is 11.4 Å². The minimum absolute atomic E-state index is 0.0164. The van der Waals surface area contributed by atoms with Crippen LogP contribution in [0.2, 0.25) is 0 Å². The lowest BCUT2D eigenvalue weighted by Gasteiger charge is -2.26. The maximum Gasteiger partial charge on any atom is 0.258 e. The minimum Gasteiger partial charge on any atom is -0.355 e. The van der Waals surface area contributed by atoms with Crippen molar-refractivity contribution in [2.45, 2.75) is 12.5 Å². The highest BCUT2D eigenvalue weighted by Crippen LogP contribution is 2.29. The van der Waals surface area contributed by atoms with Gasteiger partial charge in [0.15, 0.2) is 0 Å². The Morgan fingerprint density at radius 3 is 2.19 bits per heavy atom. The maximum absolute atomic E-state index is 13.2. The topological polar surface area (TPSA) is 44.4 Å². The lowest BCUT2D eigenvalue weighted by atomic mass is 10.1. The smallest absolute Gasteiger partial charge is 0.258 e. The standard InChI is InChI=1S/C27H23N3O/c31-27-23(17-16-20-10-4-1-5-11-20)29-26-24(18-21-12-6-2-7-13-21)28-25(19-30(26)27)22-14-8-3-9-15-22/h1-17,19,23,28-29H,18H2/b17-16+. The first-order valence-corrected chi connectivity index (χ1v) is 10.4. The molecule has 0 saturated carbocycles. The summed E-state index contributed by atoms with van der Waals surface area (Å²) in [6.07, 6.45) is 6.51. The van der Waals surface area contributed by atoms with Crippen LogP contribution in [0.1, 0.15) is 16.7 Å². The minimum atomic E-state index is -0.408. The lowest BCUT2D eigenvalue weighted by molar-refractivity contribution is -0.125.